The summed E-state index contributed by atoms with van der Waals surface area (Å²) >= 11 is 0. The van der Waals surface area contributed by atoms with E-state index in [1.54, 1.807) is 19.3 Å². The van der Waals surface area contributed by atoms with Crippen molar-refractivity contribution in [3.05, 3.63) is 23.6 Å². The minimum atomic E-state index is -0.360. The largest absolute Gasteiger partial charge is 0.474 e. The molecule has 1 aromatic rings. The highest BCUT2D eigenvalue weighted by atomic mass is 19.1. The highest BCUT2D eigenvalue weighted by Gasteiger charge is 2.25. The number of nitrogens with one attached hydrogen (secondary N) is 1. The van der Waals surface area contributed by atoms with Crippen LogP contribution in [0.15, 0.2) is 12.3 Å². The minimum absolute atomic E-state index is 0.104. The molecule has 2 rings (SSSR count). The van der Waals surface area contributed by atoms with Crippen LogP contribution in [0.4, 0.5) is 4.39 Å². The Hall–Kier alpha value is -1.20. The van der Waals surface area contributed by atoms with Gasteiger partial charge in [-0.2, -0.15) is 0 Å². The van der Waals surface area contributed by atoms with Crippen LogP contribution in [-0.2, 0) is 6.54 Å². The first-order valence-electron chi connectivity index (χ1n) is 6.33. The van der Waals surface area contributed by atoms with E-state index in [-0.39, 0.29) is 11.7 Å². The van der Waals surface area contributed by atoms with Crippen molar-refractivity contribution < 1.29 is 9.13 Å². The standard InChI is InChI=1S/C13H20FN3O/c1-15-9-10-5-6-16-13(12(10)14)18-8-7-17(2)11-3-4-11/h5-6,11,15H,3-4,7-9H2,1-2H3. The third-order valence-corrected chi connectivity index (χ3v) is 3.16. The molecule has 0 unspecified atom stereocenters. The molecule has 1 N–H and O–H groups in total. The summed E-state index contributed by atoms with van der Waals surface area (Å²) in [5, 5.41) is 2.92. The Bertz CT molecular complexity index is 396. The van der Waals surface area contributed by atoms with Gasteiger partial charge in [0.1, 0.15) is 6.61 Å². The van der Waals surface area contributed by atoms with Crippen molar-refractivity contribution >= 4 is 0 Å². The smallest absolute Gasteiger partial charge is 0.250 e. The number of pyridine rings is 1. The number of aromatic nitrogens is 1. The van der Waals surface area contributed by atoms with Crippen molar-refractivity contribution in [3.8, 4) is 5.88 Å². The summed E-state index contributed by atoms with van der Waals surface area (Å²) in [7, 11) is 3.85. The van der Waals surface area contributed by atoms with E-state index < -0.39 is 0 Å². The molecule has 0 bridgehead atoms. The van der Waals surface area contributed by atoms with Gasteiger partial charge in [0.2, 0.25) is 0 Å². The molecule has 0 amide bonds. The molecule has 1 fully saturated rings. The van der Waals surface area contributed by atoms with Crippen molar-refractivity contribution in [1.82, 2.24) is 15.2 Å². The summed E-state index contributed by atoms with van der Waals surface area (Å²) in [6.45, 7) is 1.76. The van der Waals surface area contributed by atoms with Crippen molar-refractivity contribution in [2.75, 3.05) is 27.2 Å². The predicted octanol–water partition coefficient (Wildman–Crippen LogP) is 1.41. The molecule has 4 nitrogen and oxygen atoms in total. The summed E-state index contributed by atoms with van der Waals surface area (Å²) in [5.74, 6) is -0.257. The zero-order chi connectivity index (χ0) is 13.0. The van der Waals surface area contributed by atoms with E-state index in [1.807, 2.05) is 0 Å². The molecule has 18 heavy (non-hydrogen) atoms. The van der Waals surface area contributed by atoms with Gasteiger partial charge in [-0.1, -0.05) is 0 Å². The fraction of sp³-hybridized carbons (Fsp3) is 0.615. The van der Waals surface area contributed by atoms with Crippen molar-refractivity contribution in [3.63, 3.8) is 0 Å². The molecule has 100 valence electrons. The second-order valence-electron chi connectivity index (χ2n) is 4.68. The molecule has 0 saturated heterocycles. The Labute approximate surface area is 107 Å². The topological polar surface area (TPSA) is 37.4 Å². The summed E-state index contributed by atoms with van der Waals surface area (Å²) in [6.07, 6.45) is 4.11. The molecule has 1 aliphatic rings. The van der Waals surface area contributed by atoms with Gasteiger partial charge in [-0.05, 0) is 33.0 Å². The molecule has 0 radical (unpaired) electrons. The molecule has 0 atom stereocenters. The quantitative estimate of drug-likeness (QED) is 0.797. The Morgan fingerprint density at radius 2 is 2.33 bits per heavy atom. The monoisotopic (exact) mass is 253 g/mol. The zero-order valence-corrected chi connectivity index (χ0v) is 10.9. The summed E-state index contributed by atoms with van der Waals surface area (Å²) in [6, 6.07) is 2.36. The second-order valence-corrected chi connectivity index (χ2v) is 4.68. The number of nitrogens with zero attached hydrogens (tertiary/aromatic N) is 2. The molecule has 1 aromatic heterocycles. The number of hydrogen-bond acceptors (Lipinski definition) is 4. The van der Waals surface area contributed by atoms with E-state index in [0.29, 0.717) is 24.8 Å². The number of hydrogen-bond donors (Lipinski definition) is 1. The second kappa shape index (κ2) is 6.11. The van der Waals surface area contributed by atoms with Crippen LogP contribution in [-0.4, -0.2) is 43.2 Å². The summed E-state index contributed by atoms with van der Waals surface area (Å²) in [4.78, 5) is 6.18. The minimum Gasteiger partial charge on any atom is -0.474 e. The lowest BCUT2D eigenvalue weighted by Crippen LogP contribution is -2.26. The van der Waals surface area contributed by atoms with Crippen LogP contribution in [0, 0.1) is 5.82 Å². The highest BCUT2D eigenvalue weighted by Crippen LogP contribution is 2.25. The van der Waals surface area contributed by atoms with Crippen LogP contribution in [0.2, 0.25) is 0 Å². The lowest BCUT2D eigenvalue weighted by Gasteiger charge is -2.16. The van der Waals surface area contributed by atoms with Gasteiger partial charge in [-0.25, -0.2) is 9.37 Å². The molecule has 0 aliphatic heterocycles. The van der Waals surface area contributed by atoms with Crippen molar-refractivity contribution in [1.29, 1.82) is 0 Å². The maximum atomic E-state index is 13.9. The van der Waals surface area contributed by atoms with Gasteiger partial charge in [0.25, 0.3) is 5.88 Å². The first-order chi connectivity index (χ1) is 8.72. The predicted molar refractivity (Wildman–Crippen MR) is 68.1 cm³/mol. The van der Waals surface area contributed by atoms with Crippen LogP contribution in [0.1, 0.15) is 18.4 Å². The zero-order valence-electron chi connectivity index (χ0n) is 10.9. The third-order valence-electron chi connectivity index (χ3n) is 3.16. The number of ether oxygens (including phenoxy) is 1. The van der Waals surface area contributed by atoms with Crippen LogP contribution < -0.4 is 10.1 Å². The number of halogens is 1. The van der Waals surface area contributed by atoms with Gasteiger partial charge >= 0.3 is 0 Å². The summed E-state index contributed by atoms with van der Waals surface area (Å²) < 4.78 is 19.3. The fourth-order valence-electron chi connectivity index (χ4n) is 1.87. The van der Waals surface area contributed by atoms with Crippen molar-refractivity contribution in [2.45, 2.75) is 25.4 Å². The normalized spacial score (nSPS) is 15.1. The molecular formula is C13H20FN3O. The molecule has 1 aliphatic carbocycles. The molecule has 0 aromatic carbocycles. The van der Waals surface area contributed by atoms with E-state index in [0.717, 1.165) is 6.54 Å². The Morgan fingerprint density at radius 3 is 3.00 bits per heavy atom. The third kappa shape index (κ3) is 3.40. The Morgan fingerprint density at radius 1 is 1.56 bits per heavy atom. The lowest BCUT2D eigenvalue weighted by molar-refractivity contribution is 0.219. The van der Waals surface area contributed by atoms with Gasteiger partial charge in [0.15, 0.2) is 5.82 Å². The number of rotatable bonds is 7. The van der Waals surface area contributed by atoms with Crippen LogP contribution in [0.5, 0.6) is 5.88 Å². The average Bonchev–Trinajstić information content (AvgIpc) is 3.18. The molecule has 1 saturated carbocycles. The van der Waals surface area contributed by atoms with Crippen LogP contribution >= 0.6 is 0 Å². The fourth-order valence-corrected chi connectivity index (χ4v) is 1.87. The molecular weight excluding hydrogens is 233 g/mol. The molecule has 1 heterocycles. The van der Waals surface area contributed by atoms with Crippen LogP contribution in [0.3, 0.4) is 0 Å². The van der Waals surface area contributed by atoms with E-state index in [2.05, 4.69) is 22.2 Å². The van der Waals surface area contributed by atoms with E-state index in [1.165, 1.54) is 12.8 Å². The van der Waals surface area contributed by atoms with Crippen LogP contribution in [0.25, 0.3) is 0 Å². The number of likely N-dealkylation sites (N-methyl/N-ethyl adjacent to an activating group) is 1. The average molecular weight is 253 g/mol. The maximum Gasteiger partial charge on any atom is 0.250 e. The first-order valence-corrected chi connectivity index (χ1v) is 6.33. The van der Waals surface area contributed by atoms with Gasteiger partial charge < -0.3 is 15.0 Å². The summed E-state index contributed by atoms with van der Waals surface area (Å²) in [5.41, 5.74) is 0.582. The first kappa shape index (κ1) is 13.2. The van der Waals surface area contributed by atoms with Gasteiger partial charge in [0, 0.05) is 30.9 Å². The Kier molecular flexibility index (Phi) is 4.49. The molecule has 5 heteroatoms. The van der Waals surface area contributed by atoms with Crippen molar-refractivity contribution in [2.24, 2.45) is 0 Å². The Balaban J connectivity index is 1.86. The molecule has 0 spiro atoms. The van der Waals surface area contributed by atoms with Gasteiger partial charge in [0.05, 0.1) is 0 Å². The van der Waals surface area contributed by atoms with Gasteiger partial charge in [-0.3, -0.25) is 0 Å². The maximum absolute atomic E-state index is 13.9. The SMILES string of the molecule is CNCc1ccnc(OCCN(C)C2CC2)c1F. The van der Waals surface area contributed by atoms with E-state index in [9.17, 15) is 4.39 Å². The van der Waals surface area contributed by atoms with E-state index in [4.69, 9.17) is 4.74 Å². The lowest BCUT2D eigenvalue weighted by atomic mass is 10.2. The highest BCUT2D eigenvalue weighted by molar-refractivity contribution is 5.23. The van der Waals surface area contributed by atoms with Gasteiger partial charge in [-0.15, -0.1) is 0 Å². The van der Waals surface area contributed by atoms with E-state index >= 15 is 0 Å².